The van der Waals surface area contributed by atoms with Gasteiger partial charge < -0.3 is 9.99 Å². The molecule has 0 spiro atoms. The second-order valence-electron chi connectivity index (χ2n) is 5.00. The molecule has 0 radical (unpaired) electrons. The summed E-state index contributed by atoms with van der Waals surface area (Å²) in [4.78, 5) is 17.1. The number of nitrogens with zero attached hydrogens (tertiary/aromatic N) is 4. The monoisotopic (exact) mass is 288 g/mol. The first-order valence-electron chi connectivity index (χ1n) is 6.63. The molecule has 3 rings (SSSR count). The number of nitrogens with two attached hydrogens (primary N) is 1. The Morgan fingerprint density at radius 2 is 2.29 bits per heavy atom. The summed E-state index contributed by atoms with van der Waals surface area (Å²) in [5.74, 6) is 6.31. The minimum Gasteiger partial charge on any atom is -0.333 e. The lowest BCUT2D eigenvalue weighted by molar-refractivity contribution is -0.384. The lowest BCUT2D eigenvalue weighted by Crippen LogP contribution is -2.33. The fraction of sp³-hybridized carbons (Fsp3) is 0.308. The van der Waals surface area contributed by atoms with Crippen LogP contribution in [0.15, 0.2) is 30.6 Å². The molecule has 0 saturated heterocycles. The second-order valence-corrected chi connectivity index (χ2v) is 5.00. The number of nitro groups is 1. The standard InChI is InChI=1S/C13H16N6O2/c14-16-11-2-1-10(7-12(11)19(20)21)8-17-5-6-18-4-3-15-13(18)9-17/h1-4,7,16H,5-6,8-9,14H2. The van der Waals surface area contributed by atoms with Crippen LogP contribution in [-0.2, 0) is 19.6 Å². The number of benzene rings is 1. The highest BCUT2D eigenvalue weighted by molar-refractivity contribution is 5.61. The third kappa shape index (κ3) is 2.71. The number of nitrogen functional groups attached to an aromatic ring is 1. The molecule has 0 amide bonds. The van der Waals surface area contributed by atoms with Gasteiger partial charge in [-0.15, -0.1) is 0 Å². The third-order valence-electron chi connectivity index (χ3n) is 3.64. The average molecular weight is 288 g/mol. The van der Waals surface area contributed by atoms with Gasteiger partial charge in [-0.25, -0.2) is 4.98 Å². The number of hydrogen-bond acceptors (Lipinski definition) is 6. The quantitative estimate of drug-likeness (QED) is 0.496. The van der Waals surface area contributed by atoms with E-state index < -0.39 is 4.92 Å². The summed E-state index contributed by atoms with van der Waals surface area (Å²) in [5, 5.41) is 11.0. The van der Waals surface area contributed by atoms with E-state index in [0.717, 1.165) is 31.0 Å². The minimum atomic E-state index is -0.429. The number of nitro benzene ring substituents is 1. The van der Waals surface area contributed by atoms with Crippen LogP contribution in [0.4, 0.5) is 11.4 Å². The molecule has 0 unspecified atom stereocenters. The zero-order chi connectivity index (χ0) is 14.8. The number of rotatable bonds is 4. The lowest BCUT2D eigenvalue weighted by atomic mass is 10.1. The summed E-state index contributed by atoms with van der Waals surface area (Å²) >= 11 is 0. The van der Waals surface area contributed by atoms with E-state index in [2.05, 4.69) is 19.9 Å². The van der Waals surface area contributed by atoms with Crippen LogP contribution in [-0.4, -0.2) is 25.9 Å². The van der Waals surface area contributed by atoms with Gasteiger partial charge in [0.2, 0.25) is 0 Å². The topological polar surface area (TPSA) is 102 Å². The van der Waals surface area contributed by atoms with E-state index in [9.17, 15) is 10.1 Å². The van der Waals surface area contributed by atoms with Crippen LogP contribution in [0.2, 0.25) is 0 Å². The van der Waals surface area contributed by atoms with Crippen molar-refractivity contribution in [3.63, 3.8) is 0 Å². The molecule has 0 bridgehead atoms. The van der Waals surface area contributed by atoms with E-state index in [1.807, 2.05) is 12.3 Å². The Kier molecular flexibility index (Phi) is 3.55. The van der Waals surface area contributed by atoms with Crippen LogP contribution in [0.25, 0.3) is 0 Å². The number of nitrogens with one attached hydrogen (secondary N) is 1. The highest BCUT2D eigenvalue weighted by atomic mass is 16.6. The molecule has 0 atom stereocenters. The molecule has 0 saturated carbocycles. The van der Waals surface area contributed by atoms with Gasteiger partial charge in [-0.3, -0.25) is 20.9 Å². The molecule has 8 heteroatoms. The van der Waals surface area contributed by atoms with Gasteiger partial charge in [0.1, 0.15) is 11.5 Å². The van der Waals surface area contributed by atoms with Crippen molar-refractivity contribution in [1.82, 2.24) is 14.5 Å². The maximum atomic E-state index is 11.0. The number of hydrazine groups is 1. The van der Waals surface area contributed by atoms with Crippen molar-refractivity contribution in [3.05, 3.63) is 52.1 Å². The maximum Gasteiger partial charge on any atom is 0.293 e. The van der Waals surface area contributed by atoms with Gasteiger partial charge >= 0.3 is 0 Å². The van der Waals surface area contributed by atoms with E-state index in [4.69, 9.17) is 5.84 Å². The number of aromatic nitrogens is 2. The van der Waals surface area contributed by atoms with Crippen LogP contribution in [0.1, 0.15) is 11.4 Å². The molecular weight excluding hydrogens is 272 g/mol. The molecule has 1 aliphatic rings. The van der Waals surface area contributed by atoms with Crippen LogP contribution >= 0.6 is 0 Å². The Labute approximate surface area is 121 Å². The summed E-state index contributed by atoms with van der Waals surface area (Å²) in [6.45, 7) is 3.18. The van der Waals surface area contributed by atoms with Gasteiger partial charge in [0, 0.05) is 38.1 Å². The first kappa shape index (κ1) is 13.5. The van der Waals surface area contributed by atoms with Crippen molar-refractivity contribution < 1.29 is 4.92 Å². The van der Waals surface area contributed by atoms with Crippen molar-refractivity contribution in [1.29, 1.82) is 0 Å². The maximum absolute atomic E-state index is 11.0. The molecular formula is C13H16N6O2. The normalized spacial score (nSPS) is 14.7. The first-order valence-corrected chi connectivity index (χ1v) is 6.63. The van der Waals surface area contributed by atoms with E-state index in [1.54, 1.807) is 18.3 Å². The summed E-state index contributed by atoms with van der Waals surface area (Å²) in [6.07, 6.45) is 3.77. The molecule has 8 nitrogen and oxygen atoms in total. The van der Waals surface area contributed by atoms with Crippen molar-refractivity contribution in [2.45, 2.75) is 19.6 Å². The molecule has 1 aromatic heterocycles. The molecule has 2 heterocycles. The van der Waals surface area contributed by atoms with E-state index in [0.29, 0.717) is 12.2 Å². The predicted octanol–water partition coefficient (Wildman–Crippen LogP) is 1.09. The summed E-state index contributed by atoms with van der Waals surface area (Å²) in [5.41, 5.74) is 3.55. The van der Waals surface area contributed by atoms with Gasteiger partial charge in [0.25, 0.3) is 5.69 Å². The molecule has 3 N–H and O–H groups in total. The number of fused-ring (bicyclic) bond motifs is 1. The predicted molar refractivity (Wildman–Crippen MR) is 77.2 cm³/mol. The van der Waals surface area contributed by atoms with Crippen LogP contribution < -0.4 is 11.3 Å². The SMILES string of the molecule is NNc1ccc(CN2CCn3ccnc3C2)cc1[N+](=O)[O-]. The largest absolute Gasteiger partial charge is 0.333 e. The smallest absolute Gasteiger partial charge is 0.293 e. The molecule has 110 valence electrons. The van der Waals surface area contributed by atoms with Gasteiger partial charge in [-0.05, 0) is 11.6 Å². The minimum absolute atomic E-state index is 0.00601. The zero-order valence-corrected chi connectivity index (χ0v) is 11.4. The molecule has 1 aromatic carbocycles. The van der Waals surface area contributed by atoms with Crippen molar-refractivity contribution in [2.24, 2.45) is 5.84 Å². The van der Waals surface area contributed by atoms with Crippen molar-refractivity contribution in [3.8, 4) is 0 Å². The summed E-state index contributed by atoms with van der Waals surface area (Å²) in [6, 6.07) is 5.05. The van der Waals surface area contributed by atoms with Crippen LogP contribution in [0.5, 0.6) is 0 Å². The molecule has 21 heavy (non-hydrogen) atoms. The number of anilines is 1. The molecule has 0 aliphatic carbocycles. The first-order chi connectivity index (χ1) is 10.2. The van der Waals surface area contributed by atoms with Crippen molar-refractivity contribution >= 4 is 11.4 Å². The highest BCUT2D eigenvalue weighted by Crippen LogP contribution is 2.25. The Morgan fingerprint density at radius 1 is 1.43 bits per heavy atom. The molecule has 2 aromatic rings. The van der Waals surface area contributed by atoms with Crippen molar-refractivity contribution in [2.75, 3.05) is 12.0 Å². The molecule has 0 fully saturated rings. The van der Waals surface area contributed by atoms with Gasteiger partial charge in [-0.2, -0.15) is 0 Å². The fourth-order valence-corrected chi connectivity index (χ4v) is 2.57. The second kappa shape index (κ2) is 5.51. The molecule has 1 aliphatic heterocycles. The van der Waals surface area contributed by atoms with Gasteiger partial charge in [0.05, 0.1) is 11.5 Å². The van der Waals surface area contributed by atoms with Gasteiger partial charge in [0.15, 0.2) is 0 Å². The Hall–Kier alpha value is -2.45. The van der Waals surface area contributed by atoms with E-state index in [1.165, 1.54) is 0 Å². The lowest BCUT2D eigenvalue weighted by Gasteiger charge is -2.27. The summed E-state index contributed by atoms with van der Waals surface area (Å²) in [7, 11) is 0. The van der Waals surface area contributed by atoms with E-state index >= 15 is 0 Å². The summed E-state index contributed by atoms with van der Waals surface area (Å²) < 4.78 is 2.13. The fourth-order valence-electron chi connectivity index (χ4n) is 2.57. The Balaban J connectivity index is 1.77. The Morgan fingerprint density at radius 3 is 3.05 bits per heavy atom. The van der Waals surface area contributed by atoms with Crippen LogP contribution in [0, 0.1) is 10.1 Å². The highest BCUT2D eigenvalue weighted by Gasteiger charge is 2.19. The number of hydrogen-bond donors (Lipinski definition) is 2. The zero-order valence-electron chi connectivity index (χ0n) is 11.4. The van der Waals surface area contributed by atoms with Gasteiger partial charge in [-0.1, -0.05) is 6.07 Å². The average Bonchev–Trinajstić information content (AvgIpc) is 2.94. The third-order valence-corrected chi connectivity index (χ3v) is 3.64. The van der Waals surface area contributed by atoms with Crippen LogP contribution in [0.3, 0.4) is 0 Å². The number of imidazole rings is 1. The Bertz CT molecular complexity index is 668. The van der Waals surface area contributed by atoms with E-state index in [-0.39, 0.29) is 5.69 Å².